The molecule has 2 rings (SSSR count). The highest BCUT2D eigenvalue weighted by Gasteiger charge is 2.32. The molecule has 2 heteroatoms. The predicted octanol–water partition coefficient (Wildman–Crippen LogP) is 2.62. The van der Waals surface area contributed by atoms with Crippen molar-refractivity contribution in [2.24, 2.45) is 5.92 Å². The van der Waals surface area contributed by atoms with Crippen LogP contribution in [0.4, 0.5) is 0 Å². The topological polar surface area (TPSA) is 29.5 Å². The number of hydrogen-bond acceptors (Lipinski definition) is 2. The quantitative estimate of drug-likeness (QED) is 0.752. The maximum Gasteiger partial charge on any atom is 0.0876 e. The maximum atomic E-state index is 10.3. The molecule has 2 nitrogen and oxygen atoms in total. The molecule has 0 bridgehead atoms. The summed E-state index contributed by atoms with van der Waals surface area (Å²) in [4.78, 5) is 0. The largest absolute Gasteiger partial charge is 0.501 e. The monoisotopic (exact) mass is 196 g/mol. The summed E-state index contributed by atoms with van der Waals surface area (Å²) in [6, 6.07) is 0. The Morgan fingerprint density at radius 1 is 1.50 bits per heavy atom. The van der Waals surface area contributed by atoms with Crippen LogP contribution in [0.1, 0.15) is 45.4 Å². The van der Waals surface area contributed by atoms with Gasteiger partial charge in [0, 0.05) is 0 Å². The smallest absolute Gasteiger partial charge is 0.0876 e. The van der Waals surface area contributed by atoms with Crippen molar-refractivity contribution in [1.82, 2.24) is 0 Å². The Balaban J connectivity index is 1.94. The molecule has 1 aliphatic carbocycles. The van der Waals surface area contributed by atoms with Gasteiger partial charge in [0.2, 0.25) is 0 Å². The molecule has 80 valence electrons. The first-order valence-electron chi connectivity index (χ1n) is 5.72. The summed E-state index contributed by atoms with van der Waals surface area (Å²) in [5, 5.41) is 10.3. The lowest BCUT2D eigenvalue weighted by atomic mass is 9.75. The number of ether oxygens (including phenoxy) is 1. The molecule has 0 radical (unpaired) electrons. The van der Waals surface area contributed by atoms with Crippen LogP contribution in [0.25, 0.3) is 0 Å². The lowest BCUT2D eigenvalue weighted by Gasteiger charge is -2.35. The second-order valence-electron chi connectivity index (χ2n) is 4.89. The van der Waals surface area contributed by atoms with Crippen molar-refractivity contribution < 1.29 is 9.84 Å². The van der Waals surface area contributed by atoms with E-state index in [1.807, 2.05) is 6.92 Å². The Bertz CT molecular complexity index is 226. The zero-order valence-electron chi connectivity index (χ0n) is 8.96. The van der Waals surface area contributed by atoms with Gasteiger partial charge in [0.05, 0.1) is 18.5 Å². The number of hydrogen-bond donors (Lipinski definition) is 1. The van der Waals surface area contributed by atoms with Crippen molar-refractivity contribution in [2.45, 2.75) is 51.0 Å². The summed E-state index contributed by atoms with van der Waals surface area (Å²) in [7, 11) is 0. The van der Waals surface area contributed by atoms with Crippen molar-refractivity contribution in [1.29, 1.82) is 0 Å². The number of aliphatic hydroxyl groups is 1. The van der Waals surface area contributed by atoms with E-state index in [2.05, 4.69) is 0 Å². The lowest BCUT2D eigenvalue weighted by Crippen LogP contribution is -2.33. The van der Waals surface area contributed by atoms with Crippen molar-refractivity contribution in [3.8, 4) is 0 Å². The van der Waals surface area contributed by atoms with Crippen molar-refractivity contribution >= 4 is 0 Å². The van der Waals surface area contributed by atoms with Gasteiger partial charge in [-0.15, -0.1) is 0 Å². The zero-order chi connectivity index (χ0) is 10.0. The van der Waals surface area contributed by atoms with E-state index in [0.717, 1.165) is 37.4 Å². The van der Waals surface area contributed by atoms with E-state index in [4.69, 9.17) is 4.74 Å². The minimum atomic E-state index is -0.620. The highest BCUT2D eigenvalue weighted by Crippen LogP contribution is 2.38. The minimum Gasteiger partial charge on any atom is -0.501 e. The molecule has 1 N–H and O–H groups in total. The van der Waals surface area contributed by atoms with E-state index in [1.54, 1.807) is 6.26 Å². The van der Waals surface area contributed by atoms with Gasteiger partial charge >= 0.3 is 0 Å². The molecule has 1 unspecified atom stereocenters. The molecule has 0 saturated heterocycles. The third kappa shape index (κ3) is 2.11. The van der Waals surface area contributed by atoms with E-state index < -0.39 is 5.60 Å². The van der Waals surface area contributed by atoms with Gasteiger partial charge in [-0.1, -0.05) is 19.3 Å². The van der Waals surface area contributed by atoms with Crippen LogP contribution < -0.4 is 0 Å². The zero-order valence-corrected chi connectivity index (χ0v) is 8.96. The van der Waals surface area contributed by atoms with Crippen LogP contribution in [-0.4, -0.2) is 17.3 Å². The second-order valence-corrected chi connectivity index (χ2v) is 4.89. The Kier molecular flexibility index (Phi) is 2.82. The van der Waals surface area contributed by atoms with Crippen molar-refractivity contribution in [3.63, 3.8) is 0 Å². The number of rotatable bonds is 3. The Hall–Kier alpha value is -0.500. The SMILES string of the molecule is CC(O)(CC1CCC1)C1=COCCC1. The van der Waals surface area contributed by atoms with Gasteiger partial charge in [0.15, 0.2) is 0 Å². The van der Waals surface area contributed by atoms with E-state index in [0.29, 0.717) is 0 Å². The van der Waals surface area contributed by atoms with Crippen LogP contribution in [0, 0.1) is 5.92 Å². The molecule has 1 saturated carbocycles. The van der Waals surface area contributed by atoms with Crippen LogP contribution in [-0.2, 0) is 4.74 Å². The molecule has 0 aromatic rings. The Morgan fingerprint density at radius 3 is 2.79 bits per heavy atom. The van der Waals surface area contributed by atoms with Crippen LogP contribution in [0.5, 0.6) is 0 Å². The third-order valence-electron chi connectivity index (χ3n) is 3.54. The van der Waals surface area contributed by atoms with E-state index in [9.17, 15) is 5.11 Å². The standard InChI is InChI=1S/C12H20O2/c1-12(13,8-10-4-2-5-10)11-6-3-7-14-9-11/h9-10,13H,2-8H2,1H3. The summed E-state index contributed by atoms with van der Waals surface area (Å²) >= 11 is 0. The Morgan fingerprint density at radius 2 is 2.29 bits per heavy atom. The molecule has 1 aliphatic heterocycles. The van der Waals surface area contributed by atoms with Crippen LogP contribution in [0.2, 0.25) is 0 Å². The molecule has 2 aliphatic rings. The lowest BCUT2D eigenvalue weighted by molar-refractivity contribution is 0.0409. The molecule has 0 aromatic carbocycles. The molecule has 1 atom stereocenters. The summed E-state index contributed by atoms with van der Waals surface area (Å²) in [5.41, 5.74) is 0.474. The van der Waals surface area contributed by atoms with Gasteiger partial charge in [-0.25, -0.2) is 0 Å². The highest BCUT2D eigenvalue weighted by molar-refractivity contribution is 5.14. The van der Waals surface area contributed by atoms with Crippen molar-refractivity contribution in [2.75, 3.05) is 6.61 Å². The summed E-state index contributed by atoms with van der Waals surface area (Å²) in [5.74, 6) is 0.743. The van der Waals surface area contributed by atoms with Gasteiger partial charge in [-0.2, -0.15) is 0 Å². The summed E-state index contributed by atoms with van der Waals surface area (Å²) in [6.45, 7) is 2.74. The van der Waals surface area contributed by atoms with Crippen LogP contribution in [0.3, 0.4) is 0 Å². The van der Waals surface area contributed by atoms with Gasteiger partial charge in [0.25, 0.3) is 0 Å². The highest BCUT2D eigenvalue weighted by atomic mass is 16.5. The van der Waals surface area contributed by atoms with Crippen molar-refractivity contribution in [3.05, 3.63) is 11.8 Å². The van der Waals surface area contributed by atoms with E-state index in [-0.39, 0.29) is 0 Å². The predicted molar refractivity (Wildman–Crippen MR) is 55.9 cm³/mol. The van der Waals surface area contributed by atoms with Crippen LogP contribution in [0.15, 0.2) is 11.8 Å². The molecular formula is C12H20O2. The summed E-state index contributed by atoms with van der Waals surface area (Å²) < 4.78 is 5.28. The molecule has 14 heavy (non-hydrogen) atoms. The average molecular weight is 196 g/mol. The van der Waals surface area contributed by atoms with E-state index >= 15 is 0 Å². The fourth-order valence-corrected chi connectivity index (χ4v) is 2.35. The first-order chi connectivity index (χ1) is 6.68. The average Bonchev–Trinajstić information content (AvgIpc) is 2.13. The fourth-order valence-electron chi connectivity index (χ4n) is 2.35. The minimum absolute atomic E-state index is 0.620. The fraction of sp³-hybridized carbons (Fsp3) is 0.833. The maximum absolute atomic E-state index is 10.3. The molecule has 0 amide bonds. The molecular weight excluding hydrogens is 176 g/mol. The van der Waals surface area contributed by atoms with Gasteiger partial charge in [0.1, 0.15) is 0 Å². The normalized spacial score (nSPS) is 27.1. The second kappa shape index (κ2) is 3.93. The molecule has 0 spiro atoms. The summed E-state index contributed by atoms with van der Waals surface area (Å²) in [6.07, 6.45) is 8.68. The molecule has 1 heterocycles. The third-order valence-corrected chi connectivity index (χ3v) is 3.54. The first-order valence-corrected chi connectivity index (χ1v) is 5.72. The van der Waals surface area contributed by atoms with E-state index in [1.165, 1.54) is 19.3 Å². The van der Waals surface area contributed by atoms with Gasteiger partial charge in [-0.05, 0) is 37.7 Å². The van der Waals surface area contributed by atoms with Gasteiger partial charge < -0.3 is 9.84 Å². The van der Waals surface area contributed by atoms with Crippen LogP contribution >= 0.6 is 0 Å². The molecule has 0 aromatic heterocycles. The molecule has 1 fully saturated rings. The Labute approximate surface area is 86.0 Å². The van der Waals surface area contributed by atoms with Gasteiger partial charge in [-0.3, -0.25) is 0 Å². The first kappa shape index (κ1) is 10.0.